The number of benzene rings is 2. The standard InChI is InChI=1S/C18H17NO3/c20-17(12-11-15-7-3-1-4-8-15)19-13-14-22-18(21)16-9-5-2-6-10-16/h1-12H,13-14H2,(H,19,20). The Morgan fingerprint density at radius 3 is 2.27 bits per heavy atom. The highest BCUT2D eigenvalue weighted by Gasteiger charge is 2.05. The lowest BCUT2D eigenvalue weighted by Gasteiger charge is -2.05. The predicted octanol–water partition coefficient (Wildman–Crippen LogP) is 2.67. The van der Waals surface area contributed by atoms with Crippen LogP contribution in [0.25, 0.3) is 6.08 Å². The summed E-state index contributed by atoms with van der Waals surface area (Å²) in [4.78, 5) is 23.2. The quantitative estimate of drug-likeness (QED) is 0.506. The summed E-state index contributed by atoms with van der Waals surface area (Å²) in [5.74, 6) is -0.616. The van der Waals surface area contributed by atoms with Crippen LogP contribution >= 0.6 is 0 Å². The molecular formula is C18H17NO3. The summed E-state index contributed by atoms with van der Waals surface area (Å²) in [6, 6.07) is 18.3. The summed E-state index contributed by atoms with van der Waals surface area (Å²) >= 11 is 0. The number of carbonyl (C=O) groups excluding carboxylic acids is 2. The van der Waals surface area contributed by atoms with Gasteiger partial charge in [0.2, 0.25) is 5.91 Å². The molecule has 0 aliphatic carbocycles. The fraction of sp³-hybridized carbons (Fsp3) is 0.111. The Morgan fingerprint density at radius 1 is 0.955 bits per heavy atom. The van der Waals surface area contributed by atoms with Crippen LogP contribution in [-0.2, 0) is 9.53 Å². The molecule has 0 unspecified atom stereocenters. The Kier molecular flexibility index (Phi) is 5.93. The fourth-order valence-electron chi connectivity index (χ4n) is 1.77. The minimum atomic E-state index is -0.394. The zero-order valence-corrected chi connectivity index (χ0v) is 12.1. The molecule has 22 heavy (non-hydrogen) atoms. The Balaban J connectivity index is 1.67. The van der Waals surface area contributed by atoms with E-state index in [-0.39, 0.29) is 19.1 Å². The van der Waals surface area contributed by atoms with E-state index in [9.17, 15) is 9.59 Å². The van der Waals surface area contributed by atoms with Crippen LogP contribution in [0, 0.1) is 0 Å². The van der Waals surface area contributed by atoms with Crippen LogP contribution in [-0.4, -0.2) is 25.0 Å². The third kappa shape index (κ3) is 5.25. The van der Waals surface area contributed by atoms with Crippen molar-refractivity contribution < 1.29 is 14.3 Å². The van der Waals surface area contributed by atoms with E-state index in [4.69, 9.17) is 4.74 Å². The summed E-state index contributed by atoms with van der Waals surface area (Å²) in [5, 5.41) is 2.66. The van der Waals surface area contributed by atoms with Gasteiger partial charge in [0.25, 0.3) is 0 Å². The van der Waals surface area contributed by atoms with Gasteiger partial charge >= 0.3 is 5.97 Å². The molecule has 2 aromatic rings. The van der Waals surface area contributed by atoms with Crippen molar-refractivity contribution in [3.8, 4) is 0 Å². The van der Waals surface area contributed by atoms with Crippen LogP contribution in [0.4, 0.5) is 0 Å². The fourth-order valence-corrected chi connectivity index (χ4v) is 1.77. The van der Waals surface area contributed by atoms with Gasteiger partial charge in [-0.2, -0.15) is 0 Å². The zero-order valence-electron chi connectivity index (χ0n) is 12.1. The van der Waals surface area contributed by atoms with Gasteiger partial charge in [0.05, 0.1) is 12.1 Å². The first-order valence-corrected chi connectivity index (χ1v) is 6.99. The lowest BCUT2D eigenvalue weighted by Crippen LogP contribution is -2.26. The second-order valence-corrected chi connectivity index (χ2v) is 4.54. The molecule has 0 spiro atoms. The molecule has 0 fully saturated rings. The molecule has 0 aliphatic rings. The second-order valence-electron chi connectivity index (χ2n) is 4.54. The van der Waals surface area contributed by atoms with E-state index >= 15 is 0 Å². The van der Waals surface area contributed by atoms with Gasteiger partial charge in [0.1, 0.15) is 6.61 Å². The van der Waals surface area contributed by atoms with Crippen molar-refractivity contribution in [1.29, 1.82) is 0 Å². The number of rotatable bonds is 6. The van der Waals surface area contributed by atoms with E-state index in [1.165, 1.54) is 6.08 Å². The Hall–Kier alpha value is -2.88. The average Bonchev–Trinajstić information content (AvgIpc) is 2.58. The number of esters is 1. The Labute approximate surface area is 129 Å². The maximum atomic E-state index is 11.7. The number of carbonyl (C=O) groups is 2. The van der Waals surface area contributed by atoms with Crippen molar-refractivity contribution in [1.82, 2.24) is 5.32 Å². The Bertz CT molecular complexity index is 636. The molecule has 4 heteroatoms. The summed E-state index contributed by atoms with van der Waals surface area (Å²) < 4.78 is 5.06. The topological polar surface area (TPSA) is 55.4 Å². The van der Waals surface area contributed by atoms with Gasteiger partial charge in [-0.1, -0.05) is 48.5 Å². The first-order valence-electron chi connectivity index (χ1n) is 6.99. The summed E-state index contributed by atoms with van der Waals surface area (Å²) in [6.45, 7) is 0.412. The SMILES string of the molecule is O=C(C=Cc1ccccc1)NCCOC(=O)c1ccccc1. The highest BCUT2D eigenvalue weighted by molar-refractivity contribution is 5.91. The van der Waals surface area contributed by atoms with Gasteiger partial charge in [-0.15, -0.1) is 0 Å². The van der Waals surface area contributed by atoms with Crippen molar-refractivity contribution >= 4 is 18.0 Å². The highest BCUT2D eigenvalue weighted by Crippen LogP contribution is 2.01. The molecule has 2 rings (SSSR count). The second kappa shape index (κ2) is 8.42. The molecule has 0 atom stereocenters. The summed E-state index contributed by atoms with van der Waals surface area (Å²) in [7, 11) is 0. The molecule has 112 valence electrons. The molecule has 0 aromatic heterocycles. The lowest BCUT2D eigenvalue weighted by atomic mass is 10.2. The summed E-state index contributed by atoms with van der Waals surface area (Å²) in [5.41, 5.74) is 1.45. The van der Waals surface area contributed by atoms with Crippen molar-refractivity contribution in [2.45, 2.75) is 0 Å². The van der Waals surface area contributed by atoms with E-state index in [0.29, 0.717) is 5.56 Å². The maximum Gasteiger partial charge on any atom is 0.338 e. The molecule has 0 saturated heterocycles. The minimum Gasteiger partial charge on any atom is -0.460 e. The molecule has 1 amide bonds. The van der Waals surface area contributed by atoms with Gasteiger partial charge in [-0.3, -0.25) is 4.79 Å². The third-order valence-corrected chi connectivity index (χ3v) is 2.87. The average molecular weight is 295 g/mol. The van der Waals surface area contributed by atoms with Crippen LogP contribution in [0.15, 0.2) is 66.7 Å². The van der Waals surface area contributed by atoms with Crippen molar-refractivity contribution in [2.75, 3.05) is 13.2 Å². The number of ether oxygens (including phenoxy) is 1. The molecule has 4 nitrogen and oxygen atoms in total. The minimum absolute atomic E-state index is 0.138. The monoisotopic (exact) mass is 295 g/mol. The molecule has 0 radical (unpaired) electrons. The summed E-state index contributed by atoms with van der Waals surface area (Å²) in [6.07, 6.45) is 3.18. The number of amides is 1. The van der Waals surface area contributed by atoms with Crippen molar-refractivity contribution in [2.24, 2.45) is 0 Å². The van der Waals surface area contributed by atoms with E-state index < -0.39 is 5.97 Å². The maximum absolute atomic E-state index is 11.7. The van der Waals surface area contributed by atoms with Gasteiger partial charge in [0, 0.05) is 6.08 Å². The van der Waals surface area contributed by atoms with Crippen LogP contribution in [0.3, 0.4) is 0 Å². The van der Waals surface area contributed by atoms with Crippen molar-refractivity contribution in [3.05, 3.63) is 77.9 Å². The first kappa shape index (κ1) is 15.5. The molecule has 0 bridgehead atoms. The van der Waals surface area contributed by atoms with Gasteiger partial charge < -0.3 is 10.1 Å². The van der Waals surface area contributed by atoms with E-state index in [1.54, 1.807) is 30.3 Å². The predicted molar refractivity (Wildman–Crippen MR) is 85.2 cm³/mol. The van der Waals surface area contributed by atoms with Gasteiger partial charge in [-0.25, -0.2) is 4.79 Å². The zero-order chi connectivity index (χ0) is 15.6. The van der Waals surface area contributed by atoms with Gasteiger partial charge in [-0.05, 0) is 23.8 Å². The number of hydrogen-bond donors (Lipinski definition) is 1. The van der Waals surface area contributed by atoms with E-state index in [2.05, 4.69) is 5.32 Å². The van der Waals surface area contributed by atoms with E-state index in [1.807, 2.05) is 36.4 Å². The highest BCUT2D eigenvalue weighted by atomic mass is 16.5. The van der Waals surface area contributed by atoms with E-state index in [0.717, 1.165) is 5.56 Å². The van der Waals surface area contributed by atoms with Crippen LogP contribution < -0.4 is 5.32 Å². The Morgan fingerprint density at radius 2 is 1.59 bits per heavy atom. The van der Waals surface area contributed by atoms with Gasteiger partial charge in [0.15, 0.2) is 0 Å². The molecule has 0 aliphatic heterocycles. The molecule has 2 aromatic carbocycles. The van der Waals surface area contributed by atoms with Crippen LogP contribution in [0.1, 0.15) is 15.9 Å². The molecule has 0 saturated carbocycles. The third-order valence-electron chi connectivity index (χ3n) is 2.87. The van der Waals surface area contributed by atoms with Crippen LogP contribution in [0.2, 0.25) is 0 Å². The smallest absolute Gasteiger partial charge is 0.338 e. The largest absolute Gasteiger partial charge is 0.460 e. The van der Waals surface area contributed by atoms with Crippen LogP contribution in [0.5, 0.6) is 0 Å². The molecular weight excluding hydrogens is 278 g/mol. The first-order chi connectivity index (χ1) is 10.8. The normalized spacial score (nSPS) is 10.4. The number of hydrogen-bond acceptors (Lipinski definition) is 3. The molecule has 0 heterocycles. The molecule has 1 N–H and O–H groups in total. The lowest BCUT2D eigenvalue weighted by molar-refractivity contribution is -0.116. The van der Waals surface area contributed by atoms with Crippen molar-refractivity contribution in [3.63, 3.8) is 0 Å². The number of nitrogens with one attached hydrogen (secondary N) is 1.